The molecule has 3 N–H and O–H groups in total. The summed E-state index contributed by atoms with van der Waals surface area (Å²) < 4.78 is 29.0. The molecular formula is C43H70FN5O5. The highest BCUT2D eigenvalue weighted by Crippen LogP contribution is 2.76. The summed E-state index contributed by atoms with van der Waals surface area (Å²) in [6, 6.07) is 0. The predicted octanol–water partition coefficient (Wildman–Crippen LogP) is 7.86. The average Bonchev–Trinajstić information content (AvgIpc) is 3.60. The number of likely N-dealkylation sites (N-methyl/N-ethyl adjacent to an activating group) is 1. The minimum Gasteiger partial charge on any atom is -0.481 e. The maximum absolute atomic E-state index is 13.6. The van der Waals surface area contributed by atoms with Gasteiger partial charge >= 0.3 is 5.97 Å². The topological polar surface area (TPSA) is 128 Å². The van der Waals surface area contributed by atoms with Crippen molar-refractivity contribution in [2.75, 3.05) is 33.0 Å². The monoisotopic (exact) mass is 756 g/mol. The number of allylic oxidation sites excluding steroid dienone is 1. The van der Waals surface area contributed by atoms with Crippen molar-refractivity contribution in [2.45, 2.75) is 139 Å². The van der Waals surface area contributed by atoms with Gasteiger partial charge in [-0.25, -0.2) is 14.1 Å². The first-order chi connectivity index (χ1) is 25.3. The lowest BCUT2D eigenvalue weighted by Gasteiger charge is -2.71. The minimum absolute atomic E-state index is 0.0257. The van der Waals surface area contributed by atoms with Crippen molar-refractivity contribution in [1.82, 2.24) is 25.4 Å². The summed E-state index contributed by atoms with van der Waals surface area (Å²) in [5.41, 5.74) is -0.716. The number of halogens is 1. The maximum Gasteiger partial charge on any atom is 0.307 e. The summed E-state index contributed by atoms with van der Waals surface area (Å²) in [5, 5.41) is 22.2. The second kappa shape index (κ2) is 14.5. The Labute approximate surface area is 323 Å². The number of fused-ring (bicyclic) bond motifs is 3. The first-order valence-electron chi connectivity index (χ1n) is 21.0. The van der Waals surface area contributed by atoms with Crippen molar-refractivity contribution >= 4 is 11.9 Å². The van der Waals surface area contributed by atoms with Gasteiger partial charge in [-0.1, -0.05) is 80.9 Å². The molecule has 10 nitrogen and oxygen atoms in total. The van der Waals surface area contributed by atoms with Crippen LogP contribution in [0.2, 0.25) is 0 Å². The Morgan fingerprint density at radius 3 is 2.44 bits per heavy atom. The minimum atomic E-state index is -0.677. The second-order valence-corrected chi connectivity index (χ2v) is 19.8. The summed E-state index contributed by atoms with van der Waals surface area (Å²) in [6.07, 6.45) is 9.20. The molecule has 1 unspecified atom stereocenters. The third-order valence-electron chi connectivity index (χ3n) is 17.0. The van der Waals surface area contributed by atoms with Crippen LogP contribution in [0.4, 0.5) is 4.39 Å². The van der Waals surface area contributed by atoms with Crippen LogP contribution in [-0.2, 0) is 14.3 Å². The normalized spacial score (nSPS) is 40.6. The number of carbonyl (C=O) groups is 2. The molecule has 1 amide bonds. The third-order valence-corrected chi connectivity index (χ3v) is 17.0. The van der Waals surface area contributed by atoms with Crippen LogP contribution in [0.25, 0.3) is 0 Å². The highest BCUT2D eigenvalue weighted by molar-refractivity contribution is 5.90. The number of hydrogen-bond donors (Lipinski definition) is 3. The van der Waals surface area contributed by atoms with Crippen LogP contribution >= 0.6 is 0 Å². The molecule has 5 aliphatic rings. The fourth-order valence-electron chi connectivity index (χ4n) is 13.0. The summed E-state index contributed by atoms with van der Waals surface area (Å²) in [5.74, 6) is -0.198. The standard InChI is InChI=1S/C43H70FN5O5/c1-12-47-42(11,27(4)5)24-53-32-16-18-43-30-15-17-41(10)33(36(51)52)38(7,28(6)26(2)3)19-20-40(41,9)29(30)13-14-31(43)39(32,8)23-54-37(43)49-34(46-25-48-49)35(50)45-22-21-44/h15,25-29,31-33,37,47H,12-14,16-24H2,1-11H3,(H,45,50)(H,51,52)/t28-,29+,31-,32-,33-,37?,38-,39-,40-,41+,42+,43+/m1/s1. The van der Waals surface area contributed by atoms with Crippen molar-refractivity contribution in [3.05, 3.63) is 23.8 Å². The Morgan fingerprint density at radius 1 is 1.09 bits per heavy atom. The number of nitrogens with one attached hydrogen (secondary N) is 2. The molecule has 304 valence electrons. The van der Waals surface area contributed by atoms with Crippen molar-refractivity contribution in [3.8, 4) is 0 Å². The van der Waals surface area contributed by atoms with Gasteiger partial charge in [-0.15, -0.1) is 0 Å². The summed E-state index contributed by atoms with van der Waals surface area (Å²) in [7, 11) is 0. The Kier molecular flexibility index (Phi) is 11.1. The van der Waals surface area contributed by atoms with E-state index in [0.29, 0.717) is 31.5 Å². The number of nitrogens with zero attached hydrogens (tertiary/aromatic N) is 3. The molecule has 2 heterocycles. The number of carboxylic acids is 1. The van der Waals surface area contributed by atoms with E-state index in [-0.39, 0.29) is 58.0 Å². The van der Waals surface area contributed by atoms with Crippen LogP contribution in [0.3, 0.4) is 0 Å². The molecule has 54 heavy (non-hydrogen) atoms. The van der Waals surface area contributed by atoms with Gasteiger partial charge in [0.15, 0.2) is 6.23 Å². The lowest BCUT2D eigenvalue weighted by molar-refractivity contribution is -0.285. The SMILES string of the molecule is CCN[C@@](C)(CO[C@@H]1CC[C@]23C4=CC[C@@]5(C)[C@H](C(=O)O)[C@@](C)([C@H](C)C(C)C)CC[C@]5(C)[C@H]4CC[C@@H]2[C@@]1(C)COC3n1ncnc1C(=O)NCCF)C(C)C. The zero-order valence-corrected chi connectivity index (χ0v) is 35.1. The van der Waals surface area contributed by atoms with E-state index in [9.17, 15) is 19.1 Å². The van der Waals surface area contributed by atoms with Crippen molar-refractivity contribution < 1.29 is 28.6 Å². The summed E-state index contributed by atoms with van der Waals surface area (Å²) in [4.78, 5) is 31.4. The fourth-order valence-corrected chi connectivity index (χ4v) is 13.0. The highest BCUT2D eigenvalue weighted by Gasteiger charge is 2.73. The van der Waals surface area contributed by atoms with Gasteiger partial charge in [-0.2, -0.15) is 5.10 Å². The van der Waals surface area contributed by atoms with Crippen LogP contribution in [0.15, 0.2) is 18.0 Å². The van der Waals surface area contributed by atoms with Crippen LogP contribution in [0.1, 0.15) is 138 Å². The Balaban J connectivity index is 1.47. The van der Waals surface area contributed by atoms with E-state index in [0.717, 1.165) is 45.1 Å². The maximum atomic E-state index is 13.6. The van der Waals surface area contributed by atoms with E-state index in [1.165, 1.54) is 11.9 Å². The average molecular weight is 756 g/mol. The lowest BCUT2D eigenvalue weighted by atomic mass is 9.34. The molecular weight excluding hydrogens is 686 g/mol. The van der Waals surface area contributed by atoms with Gasteiger partial charge < -0.3 is 25.2 Å². The number of aliphatic carboxylic acids is 1. The van der Waals surface area contributed by atoms with Gasteiger partial charge in [0.25, 0.3) is 5.91 Å². The molecule has 3 saturated carbocycles. The van der Waals surface area contributed by atoms with Crippen LogP contribution in [0.5, 0.6) is 0 Å². The molecule has 1 aromatic rings. The van der Waals surface area contributed by atoms with Gasteiger partial charge in [0.05, 0.1) is 25.2 Å². The van der Waals surface area contributed by atoms with Gasteiger partial charge in [0, 0.05) is 22.9 Å². The zero-order valence-electron chi connectivity index (χ0n) is 35.1. The van der Waals surface area contributed by atoms with Gasteiger partial charge in [0.2, 0.25) is 5.82 Å². The first kappa shape index (κ1) is 41.3. The van der Waals surface area contributed by atoms with Crippen LogP contribution < -0.4 is 10.6 Å². The van der Waals surface area contributed by atoms with Crippen molar-refractivity contribution in [2.24, 2.45) is 62.6 Å². The lowest BCUT2D eigenvalue weighted by Crippen LogP contribution is -2.69. The summed E-state index contributed by atoms with van der Waals surface area (Å²) >= 11 is 0. The van der Waals surface area contributed by atoms with E-state index in [4.69, 9.17) is 9.47 Å². The number of ether oxygens (including phenoxy) is 2. The molecule has 6 rings (SSSR count). The molecule has 4 fully saturated rings. The Morgan fingerprint density at radius 2 is 1.81 bits per heavy atom. The number of amides is 1. The number of hydrogen-bond acceptors (Lipinski definition) is 7. The van der Waals surface area contributed by atoms with E-state index < -0.39 is 41.5 Å². The molecule has 0 spiro atoms. The van der Waals surface area contributed by atoms with Crippen molar-refractivity contribution in [1.29, 1.82) is 0 Å². The molecule has 12 atom stereocenters. The fraction of sp³-hybridized carbons (Fsp3) is 0.860. The van der Waals surface area contributed by atoms with E-state index in [1.807, 2.05) is 0 Å². The zero-order chi connectivity index (χ0) is 39.6. The second-order valence-electron chi connectivity index (χ2n) is 19.8. The largest absolute Gasteiger partial charge is 0.481 e. The molecule has 0 aromatic carbocycles. The molecule has 4 aliphatic carbocycles. The van der Waals surface area contributed by atoms with Crippen LogP contribution in [0, 0.1) is 62.6 Å². The number of alkyl halides is 1. The highest BCUT2D eigenvalue weighted by atomic mass is 19.1. The third kappa shape index (κ3) is 5.93. The first-order valence-corrected chi connectivity index (χ1v) is 21.0. The Bertz CT molecular complexity index is 1600. The molecule has 1 aromatic heterocycles. The molecule has 11 heteroatoms. The van der Waals surface area contributed by atoms with E-state index in [2.05, 4.69) is 103 Å². The van der Waals surface area contributed by atoms with Gasteiger partial charge in [0.1, 0.15) is 13.0 Å². The number of carbonyl (C=O) groups excluding carboxylic acids is 1. The van der Waals surface area contributed by atoms with E-state index in [1.54, 1.807) is 4.68 Å². The van der Waals surface area contributed by atoms with Crippen molar-refractivity contribution in [3.63, 3.8) is 0 Å². The number of aromatic nitrogens is 3. The molecule has 0 radical (unpaired) electrons. The van der Waals surface area contributed by atoms with E-state index >= 15 is 0 Å². The predicted molar refractivity (Wildman–Crippen MR) is 207 cm³/mol. The van der Waals surface area contributed by atoms with Gasteiger partial charge in [-0.05, 0) is 104 Å². The smallest absolute Gasteiger partial charge is 0.307 e. The van der Waals surface area contributed by atoms with Crippen LogP contribution in [-0.4, -0.2) is 76.4 Å². The van der Waals surface area contributed by atoms with Gasteiger partial charge in [-0.3, -0.25) is 9.59 Å². The number of carboxylic acid groups (broad SMARTS) is 1. The molecule has 2 bridgehead atoms. The quantitative estimate of drug-likeness (QED) is 0.174. The number of rotatable bonds is 13. The molecule has 1 saturated heterocycles. The molecule has 1 aliphatic heterocycles. The Hall–Kier alpha value is -2.37. The summed E-state index contributed by atoms with van der Waals surface area (Å²) in [6.45, 7) is 26.0.